The Hall–Kier alpha value is -0.0700. The summed E-state index contributed by atoms with van der Waals surface area (Å²) in [5, 5.41) is 0. The standard InChI is InChI=1S/C24H45F/c1-3-5-7-8-9-11-21-12-14-22(15-13-21)23-16-19-24(25,20-17-23)18-10-6-4-2/h21-23H,3-20H2,1-2H3/t21-,22-,23?,24?. The lowest BCUT2D eigenvalue weighted by atomic mass is 9.67. The third-order valence-electron chi connectivity index (χ3n) is 7.43. The molecule has 2 fully saturated rings. The topological polar surface area (TPSA) is 0 Å². The molecular weight excluding hydrogens is 307 g/mol. The van der Waals surface area contributed by atoms with E-state index in [9.17, 15) is 4.39 Å². The van der Waals surface area contributed by atoms with Gasteiger partial charge >= 0.3 is 0 Å². The monoisotopic (exact) mass is 352 g/mol. The third-order valence-corrected chi connectivity index (χ3v) is 7.43. The van der Waals surface area contributed by atoms with Crippen LogP contribution in [-0.2, 0) is 0 Å². The molecule has 0 heterocycles. The summed E-state index contributed by atoms with van der Waals surface area (Å²) in [5.74, 6) is 2.79. The van der Waals surface area contributed by atoms with Crippen LogP contribution in [0.15, 0.2) is 0 Å². The molecule has 2 rings (SSSR count). The van der Waals surface area contributed by atoms with Gasteiger partial charge in [-0.25, -0.2) is 4.39 Å². The van der Waals surface area contributed by atoms with Crippen LogP contribution >= 0.6 is 0 Å². The first-order valence-corrected chi connectivity index (χ1v) is 11.9. The van der Waals surface area contributed by atoms with E-state index in [-0.39, 0.29) is 0 Å². The van der Waals surface area contributed by atoms with Gasteiger partial charge in [-0.05, 0) is 62.7 Å². The minimum absolute atomic E-state index is 0.804. The molecule has 2 aliphatic rings. The number of hydrogen-bond acceptors (Lipinski definition) is 0. The summed E-state index contributed by atoms with van der Waals surface area (Å²) in [6, 6.07) is 0. The Morgan fingerprint density at radius 2 is 1.24 bits per heavy atom. The lowest BCUT2D eigenvalue weighted by Gasteiger charge is -2.40. The van der Waals surface area contributed by atoms with Gasteiger partial charge in [0.15, 0.2) is 0 Å². The molecule has 2 aliphatic carbocycles. The molecule has 0 spiro atoms. The fourth-order valence-corrected chi connectivity index (χ4v) is 5.56. The maximum Gasteiger partial charge on any atom is 0.111 e. The van der Waals surface area contributed by atoms with Crippen LogP contribution in [0.2, 0.25) is 0 Å². The minimum atomic E-state index is -0.804. The van der Waals surface area contributed by atoms with Gasteiger partial charge in [0.25, 0.3) is 0 Å². The second kappa shape index (κ2) is 11.6. The normalized spacial score (nSPS) is 33.5. The van der Waals surface area contributed by atoms with Gasteiger partial charge < -0.3 is 0 Å². The van der Waals surface area contributed by atoms with Crippen molar-refractivity contribution in [2.24, 2.45) is 17.8 Å². The Balaban J connectivity index is 1.59. The maximum absolute atomic E-state index is 14.9. The van der Waals surface area contributed by atoms with Crippen LogP contribution in [0.4, 0.5) is 4.39 Å². The number of rotatable bonds is 11. The fourth-order valence-electron chi connectivity index (χ4n) is 5.56. The average Bonchev–Trinajstić information content (AvgIpc) is 2.63. The van der Waals surface area contributed by atoms with E-state index in [1.54, 1.807) is 0 Å². The van der Waals surface area contributed by atoms with E-state index < -0.39 is 5.67 Å². The number of halogens is 1. The van der Waals surface area contributed by atoms with Crippen LogP contribution in [0.25, 0.3) is 0 Å². The van der Waals surface area contributed by atoms with Crippen molar-refractivity contribution in [2.75, 3.05) is 0 Å². The van der Waals surface area contributed by atoms with Crippen molar-refractivity contribution in [3.8, 4) is 0 Å². The maximum atomic E-state index is 14.9. The Morgan fingerprint density at radius 1 is 0.680 bits per heavy atom. The predicted molar refractivity (Wildman–Crippen MR) is 109 cm³/mol. The first-order chi connectivity index (χ1) is 12.2. The molecule has 0 amide bonds. The molecule has 1 heteroatoms. The first kappa shape index (κ1) is 21.2. The molecule has 0 aromatic carbocycles. The highest BCUT2D eigenvalue weighted by molar-refractivity contribution is 4.89. The molecule has 0 bridgehead atoms. The summed E-state index contributed by atoms with van der Waals surface area (Å²) in [6.45, 7) is 4.51. The molecule has 0 nitrogen and oxygen atoms in total. The summed E-state index contributed by atoms with van der Waals surface area (Å²) in [5.41, 5.74) is -0.804. The molecule has 0 unspecified atom stereocenters. The third kappa shape index (κ3) is 7.59. The molecule has 0 aromatic rings. The van der Waals surface area contributed by atoms with Gasteiger partial charge in [-0.1, -0.05) is 84.5 Å². The number of hydrogen-bond donors (Lipinski definition) is 0. The molecular formula is C24H45F. The van der Waals surface area contributed by atoms with E-state index >= 15 is 0 Å². The molecule has 0 saturated heterocycles. The summed E-state index contributed by atoms with van der Waals surface area (Å²) in [7, 11) is 0. The fraction of sp³-hybridized carbons (Fsp3) is 1.00. The quantitative estimate of drug-likeness (QED) is 0.326. The van der Waals surface area contributed by atoms with Crippen molar-refractivity contribution < 1.29 is 4.39 Å². The van der Waals surface area contributed by atoms with E-state index in [0.717, 1.165) is 43.4 Å². The molecule has 0 atom stereocenters. The van der Waals surface area contributed by atoms with Crippen LogP contribution in [0.3, 0.4) is 0 Å². The van der Waals surface area contributed by atoms with Gasteiger partial charge in [0.2, 0.25) is 0 Å². The summed E-state index contributed by atoms with van der Waals surface area (Å²) in [4.78, 5) is 0. The van der Waals surface area contributed by atoms with Gasteiger partial charge in [0.05, 0.1) is 0 Å². The molecule has 2 saturated carbocycles. The minimum Gasteiger partial charge on any atom is -0.244 e. The molecule has 0 aromatic heterocycles. The number of unbranched alkanes of at least 4 members (excludes halogenated alkanes) is 6. The Kier molecular flexibility index (Phi) is 9.85. The Labute approximate surface area is 157 Å². The van der Waals surface area contributed by atoms with Crippen LogP contribution in [-0.4, -0.2) is 5.67 Å². The Morgan fingerprint density at radius 3 is 1.88 bits per heavy atom. The van der Waals surface area contributed by atoms with E-state index in [1.165, 1.54) is 89.9 Å². The lowest BCUT2D eigenvalue weighted by Crippen LogP contribution is -2.33. The van der Waals surface area contributed by atoms with Crippen molar-refractivity contribution in [1.29, 1.82) is 0 Å². The van der Waals surface area contributed by atoms with Crippen molar-refractivity contribution in [3.63, 3.8) is 0 Å². The molecule has 25 heavy (non-hydrogen) atoms. The molecule has 148 valence electrons. The second-order valence-electron chi connectivity index (χ2n) is 9.43. The van der Waals surface area contributed by atoms with Crippen LogP contribution in [0, 0.1) is 17.8 Å². The van der Waals surface area contributed by atoms with E-state index in [1.807, 2.05) is 0 Å². The second-order valence-corrected chi connectivity index (χ2v) is 9.43. The van der Waals surface area contributed by atoms with Gasteiger partial charge in [-0.3, -0.25) is 0 Å². The van der Waals surface area contributed by atoms with Crippen LogP contribution in [0.1, 0.15) is 129 Å². The zero-order valence-corrected chi connectivity index (χ0v) is 17.3. The molecule has 0 radical (unpaired) electrons. The van der Waals surface area contributed by atoms with Gasteiger partial charge in [-0.2, -0.15) is 0 Å². The van der Waals surface area contributed by atoms with Gasteiger partial charge in [0.1, 0.15) is 5.67 Å². The predicted octanol–water partition coefficient (Wildman–Crippen LogP) is 8.63. The van der Waals surface area contributed by atoms with Crippen molar-refractivity contribution in [1.82, 2.24) is 0 Å². The van der Waals surface area contributed by atoms with E-state index in [0.29, 0.717) is 0 Å². The highest BCUT2D eigenvalue weighted by Gasteiger charge is 2.38. The highest BCUT2D eigenvalue weighted by atomic mass is 19.1. The van der Waals surface area contributed by atoms with Crippen molar-refractivity contribution in [2.45, 2.75) is 135 Å². The van der Waals surface area contributed by atoms with E-state index in [2.05, 4.69) is 13.8 Å². The smallest absolute Gasteiger partial charge is 0.111 e. The zero-order valence-electron chi connectivity index (χ0n) is 17.3. The zero-order chi connectivity index (χ0) is 18.0. The average molecular weight is 353 g/mol. The molecule has 0 aliphatic heterocycles. The first-order valence-electron chi connectivity index (χ1n) is 11.9. The highest BCUT2D eigenvalue weighted by Crippen LogP contribution is 2.45. The van der Waals surface area contributed by atoms with Gasteiger partial charge in [-0.15, -0.1) is 0 Å². The van der Waals surface area contributed by atoms with Crippen molar-refractivity contribution in [3.05, 3.63) is 0 Å². The molecule has 0 N–H and O–H groups in total. The largest absolute Gasteiger partial charge is 0.244 e. The lowest BCUT2D eigenvalue weighted by molar-refractivity contribution is 0.0456. The van der Waals surface area contributed by atoms with Crippen LogP contribution in [0.5, 0.6) is 0 Å². The summed E-state index contributed by atoms with van der Waals surface area (Å²) >= 11 is 0. The van der Waals surface area contributed by atoms with Crippen LogP contribution < -0.4 is 0 Å². The SMILES string of the molecule is CCCCCCC[C@H]1CC[C@H](C2CCC(F)(CCCCC)CC2)CC1. The summed E-state index contributed by atoms with van der Waals surface area (Å²) < 4.78 is 14.9. The van der Waals surface area contributed by atoms with Crippen molar-refractivity contribution >= 4 is 0 Å². The van der Waals surface area contributed by atoms with E-state index in [4.69, 9.17) is 0 Å². The summed E-state index contributed by atoms with van der Waals surface area (Å²) in [6.07, 6.45) is 22.8. The van der Waals surface area contributed by atoms with Gasteiger partial charge in [0, 0.05) is 0 Å². The Bertz CT molecular complexity index is 321. The number of alkyl halides is 1.